The molecule has 4 atom stereocenters. The molecule has 1 aromatic carbocycles. The van der Waals surface area contributed by atoms with Gasteiger partial charge >= 0.3 is 0 Å². The third-order valence-electron chi connectivity index (χ3n) is 5.41. The minimum absolute atomic E-state index is 0.157. The Morgan fingerprint density at radius 1 is 1.19 bits per heavy atom. The van der Waals surface area contributed by atoms with Gasteiger partial charge < -0.3 is 5.32 Å². The number of benzene rings is 1. The average molecular weight is 293 g/mol. The molecule has 0 aromatic heterocycles. The Kier molecular flexibility index (Phi) is 4.58. The van der Waals surface area contributed by atoms with Crippen LogP contribution in [0.2, 0.25) is 0 Å². The molecular formula is C18H25F2N. The summed E-state index contributed by atoms with van der Waals surface area (Å²) in [6, 6.07) is 4.52. The highest BCUT2D eigenvalue weighted by atomic mass is 19.2. The normalized spacial score (nSPS) is 29.0. The lowest BCUT2D eigenvalue weighted by molar-refractivity contribution is 0.279. The van der Waals surface area contributed by atoms with E-state index in [0.717, 1.165) is 42.7 Å². The fourth-order valence-electron chi connectivity index (χ4n) is 4.35. The zero-order valence-corrected chi connectivity index (χ0v) is 12.7. The first kappa shape index (κ1) is 15.0. The molecule has 1 aromatic rings. The molecule has 0 saturated heterocycles. The average Bonchev–Trinajstić information content (AvgIpc) is 3.09. The minimum Gasteiger partial charge on any atom is -0.310 e. The molecule has 2 fully saturated rings. The second kappa shape index (κ2) is 6.43. The van der Waals surface area contributed by atoms with E-state index in [4.69, 9.17) is 0 Å². The first-order chi connectivity index (χ1) is 10.2. The van der Waals surface area contributed by atoms with Crippen molar-refractivity contribution in [2.24, 2.45) is 17.8 Å². The summed E-state index contributed by atoms with van der Waals surface area (Å²) in [5.41, 5.74) is 0.894. The van der Waals surface area contributed by atoms with Crippen LogP contribution in [0.3, 0.4) is 0 Å². The van der Waals surface area contributed by atoms with Crippen molar-refractivity contribution in [3.05, 3.63) is 35.4 Å². The maximum absolute atomic E-state index is 13.5. The van der Waals surface area contributed by atoms with Gasteiger partial charge in [0.1, 0.15) is 0 Å². The third kappa shape index (κ3) is 3.28. The van der Waals surface area contributed by atoms with Gasteiger partial charge in [-0.25, -0.2) is 8.78 Å². The van der Waals surface area contributed by atoms with E-state index >= 15 is 0 Å². The molecule has 4 unspecified atom stereocenters. The van der Waals surface area contributed by atoms with Crippen LogP contribution in [0.5, 0.6) is 0 Å². The Morgan fingerprint density at radius 2 is 2.05 bits per heavy atom. The summed E-state index contributed by atoms with van der Waals surface area (Å²) in [7, 11) is 0. The number of fused-ring (bicyclic) bond motifs is 2. The summed E-state index contributed by atoms with van der Waals surface area (Å²) in [4.78, 5) is 0. The molecule has 116 valence electrons. The third-order valence-corrected chi connectivity index (χ3v) is 5.41. The molecule has 1 nitrogen and oxygen atoms in total. The Bertz CT molecular complexity index is 488. The molecule has 0 aliphatic heterocycles. The molecule has 2 aliphatic carbocycles. The highest BCUT2D eigenvalue weighted by Gasteiger charge is 2.40. The summed E-state index contributed by atoms with van der Waals surface area (Å²) < 4.78 is 26.7. The van der Waals surface area contributed by atoms with Gasteiger partial charge in [-0.05, 0) is 74.1 Å². The highest BCUT2D eigenvalue weighted by Crippen LogP contribution is 2.50. The Balaban J connectivity index is 1.72. The summed E-state index contributed by atoms with van der Waals surface area (Å²) in [5, 5.41) is 3.53. The van der Waals surface area contributed by atoms with Crippen molar-refractivity contribution in [3.63, 3.8) is 0 Å². The second-order valence-electron chi connectivity index (χ2n) is 6.85. The van der Waals surface area contributed by atoms with E-state index in [1.54, 1.807) is 6.07 Å². The lowest BCUT2D eigenvalue weighted by atomic mass is 9.82. The van der Waals surface area contributed by atoms with Crippen molar-refractivity contribution < 1.29 is 8.78 Å². The Labute approximate surface area is 126 Å². The van der Waals surface area contributed by atoms with E-state index in [9.17, 15) is 8.78 Å². The molecule has 2 bridgehead atoms. The summed E-state index contributed by atoms with van der Waals surface area (Å²) in [6.45, 7) is 3.05. The fourth-order valence-corrected chi connectivity index (χ4v) is 4.35. The smallest absolute Gasteiger partial charge is 0.159 e. The molecule has 0 heterocycles. The van der Waals surface area contributed by atoms with Crippen molar-refractivity contribution in [1.29, 1.82) is 0 Å². The molecule has 0 amide bonds. The molecular weight excluding hydrogens is 268 g/mol. The van der Waals surface area contributed by atoms with Crippen LogP contribution in [0.1, 0.15) is 57.1 Å². The minimum atomic E-state index is -0.757. The zero-order valence-electron chi connectivity index (χ0n) is 12.7. The number of hydrogen-bond donors (Lipinski definition) is 1. The van der Waals surface area contributed by atoms with Crippen LogP contribution in [0.4, 0.5) is 8.78 Å². The molecule has 1 N–H and O–H groups in total. The molecule has 2 aliphatic rings. The van der Waals surface area contributed by atoms with Crippen molar-refractivity contribution in [2.75, 3.05) is 6.54 Å². The van der Waals surface area contributed by atoms with E-state index in [-0.39, 0.29) is 6.04 Å². The van der Waals surface area contributed by atoms with E-state index < -0.39 is 11.6 Å². The van der Waals surface area contributed by atoms with E-state index in [2.05, 4.69) is 12.2 Å². The van der Waals surface area contributed by atoms with Crippen LogP contribution < -0.4 is 5.32 Å². The quantitative estimate of drug-likeness (QED) is 0.792. The van der Waals surface area contributed by atoms with Gasteiger partial charge in [0, 0.05) is 6.04 Å². The van der Waals surface area contributed by atoms with E-state index in [1.807, 2.05) is 0 Å². The van der Waals surface area contributed by atoms with Gasteiger partial charge in [-0.15, -0.1) is 0 Å². The van der Waals surface area contributed by atoms with Crippen LogP contribution in [0.25, 0.3) is 0 Å². The number of rotatable bonds is 6. The predicted octanol–water partition coefficient (Wildman–Crippen LogP) is 4.83. The van der Waals surface area contributed by atoms with E-state index in [0.29, 0.717) is 0 Å². The SMILES string of the molecule is CCCNC(CC1CC2CCC1C2)c1ccc(F)c(F)c1. The Hall–Kier alpha value is -0.960. The molecule has 0 radical (unpaired) electrons. The lowest BCUT2D eigenvalue weighted by Gasteiger charge is -2.28. The van der Waals surface area contributed by atoms with Gasteiger partial charge in [-0.3, -0.25) is 0 Å². The van der Waals surface area contributed by atoms with Gasteiger partial charge in [0.25, 0.3) is 0 Å². The van der Waals surface area contributed by atoms with Crippen LogP contribution in [-0.4, -0.2) is 6.54 Å². The van der Waals surface area contributed by atoms with Crippen molar-refractivity contribution >= 4 is 0 Å². The van der Waals surface area contributed by atoms with Gasteiger partial charge in [0.2, 0.25) is 0 Å². The molecule has 3 heteroatoms. The van der Waals surface area contributed by atoms with Crippen LogP contribution >= 0.6 is 0 Å². The summed E-state index contributed by atoms with van der Waals surface area (Å²) >= 11 is 0. The van der Waals surface area contributed by atoms with Crippen LogP contribution in [0, 0.1) is 29.4 Å². The van der Waals surface area contributed by atoms with Gasteiger partial charge in [-0.1, -0.05) is 19.4 Å². The maximum Gasteiger partial charge on any atom is 0.159 e. The number of hydrogen-bond acceptors (Lipinski definition) is 1. The zero-order chi connectivity index (χ0) is 14.8. The topological polar surface area (TPSA) is 12.0 Å². The first-order valence-corrected chi connectivity index (χ1v) is 8.35. The largest absolute Gasteiger partial charge is 0.310 e. The highest BCUT2D eigenvalue weighted by molar-refractivity contribution is 5.21. The lowest BCUT2D eigenvalue weighted by Crippen LogP contribution is -2.26. The number of halogens is 2. The number of nitrogens with one attached hydrogen (secondary N) is 1. The van der Waals surface area contributed by atoms with Gasteiger partial charge in [-0.2, -0.15) is 0 Å². The monoisotopic (exact) mass is 293 g/mol. The van der Waals surface area contributed by atoms with Gasteiger partial charge in [0.15, 0.2) is 11.6 Å². The first-order valence-electron chi connectivity index (χ1n) is 8.35. The summed E-state index contributed by atoms with van der Waals surface area (Å²) in [5.74, 6) is 1.06. The molecule has 2 saturated carbocycles. The Morgan fingerprint density at radius 3 is 2.67 bits per heavy atom. The second-order valence-corrected chi connectivity index (χ2v) is 6.85. The van der Waals surface area contributed by atoms with Crippen molar-refractivity contribution in [3.8, 4) is 0 Å². The van der Waals surface area contributed by atoms with Crippen LogP contribution in [0.15, 0.2) is 18.2 Å². The summed E-state index contributed by atoms with van der Waals surface area (Å²) in [6.07, 6.45) is 7.61. The van der Waals surface area contributed by atoms with Crippen LogP contribution in [-0.2, 0) is 0 Å². The molecule has 0 spiro atoms. The predicted molar refractivity (Wildman–Crippen MR) is 80.9 cm³/mol. The molecule has 21 heavy (non-hydrogen) atoms. The molecule has 3 rings (SSSR count). The standard InChI is InChI=1S/C18H25F2N/c1-2-7-21-18(14-5-6-16(19)17(20)10-14)11-15-9-12-3-4-13(15)8-12/h5-6,10,12-13,15,18,21H,2-4,7-9,11H2,1H3. The fraction of sp³-hybridized carbons (Fsp3) is 0.667. The van der Waals surface area contributed by atoms with Crippen molar-refractivity contribution in [1.82, 2.24) is 5.32 Å². The maximum atomic E-state index is 13.5. The van der Waals surface area contributed by atoms with E-state index in [1.165, 1.54) is 37.8 Å². The van der Waals surface area contributed by atoms with Crippen molar-refractivity contribution in [2.45, 2.75) is 51.5 Å². The van der Waals surface area contributed by atoms with Gasteiger partial charge in [0.05, 0.1) is 0 Å².